The molecule has 0 atom stereocenters. The van der Waals surface area contributed by atoms with Crippen LogP contribution in [-0.4, -0.2) is 20.6 Å². The molecule has 4 aromatic rings. The van der Waals surface area contributed by atoms with Crippen molar-refractivity contribution >= 4 is 11.5 Å². The first-order valence-corrected chi connectivity index (χ1v) is 8.48. The number of hydrogen-bond acceptors (Lipinski definition) is 3. The summed E-state index contributed by atoms with van der Waals surface area (Å²) in [6.45, 7) is 4.24. The zero-order valence-electron chi connectivity index (χ0n) is 14.3. The molecule has 2 heterocycles. The van der Waals surface area contributed by atoms with Crippen molar-refractivity contribution in [1.82, 2.24) is 14.6 Å². The smallest absolute Gasteiger partial charge is 0.165 e. The highest BCUT2D eigenvalue weighted by molar-refractivity contribution is 5.80. The summed E-state index contributed by atoms with van der Waals surface area (Å²) in [5.41, 5.74) is 5.04. The predicted octanol–water partition coefficient (Wildman–Crippen LogP) is 4.88. The number of aromatic nitrogens is 3. The lowest BCUT2D eigenvalue weighted by Gasteiger charge is -2.13. The largest absolute Gasteiger partial charge is 0.368 e. The Morgan fingerprint density at radius 3 is 2.16 bits per heavy atom. The third-order valence-electron chi connectivity index (χ3n) is 4.06. The van der Waals surface area contributed by atoms with Crippen LogP contribution in [0, 0.1) is 0 Å². The molecule has 0 amide bonds. The summed E-state index contributed by atoms with van der Waals surface area (Å²) in [6.07, 6.45) is 1.89. The highest BCUT2D eigenvalue weighted by atomic mass is 15.3. The summed E-state index contributed by atoms with van der Waals surface area (Å²) in [7, 11) is 0. The van der Waals surface area contributed by atoms with Crippen LogP contribution in [0.1, 0.15) is 13.8 Å². The van der Waals surface area contributed by atoms with Crippen LogP contribution in [0.25, 0.3) is 28.0 Å². The minimum absolute atomic E-state index is 0.304. The fourth-order valence-electron chi connectivity index (χ4n) is 2.94. The molecule has 0 aliphatic heterocycles. The van der Waals surface area contributed by atoms with Crippen molar-refractivity contribution < 1.29 is 0 Å². The quantitative estimate of drug-likeness (QED) is 0.580. The van der Waals surface area contributed by atoms with Crippen molar-refractivity contribution in [3.05, 3.63) is 72.9 Å². The van der Waals surface area contributed by atoms with Crippen LogP contribution in [0.3, 0.4) is 0 Å². The molecule has 4 heteroatoms. The number of benzene rings is 2. The number of anilines is 1. The van der Waals surface area contributed by atoms with Gasteiger partial charge in [0.2, 0.25) is 0 Å². The monoisotopic (exact) mass is 328 g/mol. The maximum Gasteiger partial charge on any atom is 0.165 e. The number of nitrogens with one attached hydrogen (secondary N) is 1. The Bertz CT molecular complexity index is 989. The van der Waals surface area contributed by atoms with Crippen molar-refractivity contribution in [2.75, 3.05) is 5.32 Å². The van der Waals surface area contributed by atoms with E-state index < -0.39 is 0 Å². The van der Waals surface area contributed by atoms with Gasteiger partial charge in [-0.15, -0.1) is 0 Å². The molecule has 2 aromatic carbocycles. The SMILES string of the molecule is CC(C)Nc1cc(-c2ccccc2)nc2c(-c3ccccc3)cnn12. The zero-order valence-corrected chi connectivity index (χ0v) is 14.3. The van der Waals surface area contributed by atoms with Crippen LogP contribution in [0.15, 0.2) is 72.9 Å². The molecule has 25 heavy (non-hydrogen) atoms. The van der Waals surface area contributed by atoms with Gasteiger partial charge < -0.3 is 5.32 Å². The summed E-state index contributed by atoms with van der Waals surface area (Å²) < 4.78 is 1.88. The van der Waals surface area contributed by atoms with Gasteiger partial charge in [-0.1, -0.05) is 60.7 Å². The molecule has 124 valence electrons. The molecule has 1 N–H and O–H groups in total. The maximum atomic E-state index is 4.91. The normalized spacial score (nSPS) is 11.2. The van der Waals surface area contributed by atoms with Crippen molar-refractivity contribution in [2.45, 2.75) is 19.9 Å². The van der Waals surface area contributed by atoms with Crippen LogP contribution < -0.4 is 5.32 Å². The van der Waals surface area contributed by atoms with E-state index in [1.54, 1.807) is 0 Å². The van der Waals surface area contributed by atoms with E-state index in [1.807, 2.05) is 47.1 Å². The van der Waals surface area contributed by atoms with E-state index in [4.69, 9.17) is 4.98 Å². The van der Waals surface area contributed by atoms with Gasteiger partial charge in [-0.3, -0.25) is 0 Å². The van der Waals surface area contributed by atoms with Crippen molar-refractivity contribution in [3.63, 3.8) is 0 Å². The van der Waals surface area contributed by atoms with Gasteiger partial charge in [0.25, 0.3) is 0 Å². The van der Waals surface area contributed by atoms with E-state index in [0.29, 0.717) is 6.04 Å². The molecule has 0 aliphatic rings. The average Bonchev–Trinajstić information content (AvgIpc) is 3.07. The third kappa shape index (κ3) is 2.98. The Hall–Kier alpha value is -3.14. The lowest BCUT2D eigenvalue weighted by atomic mass is 10.1. The van der Waals surface area contributed by atoms with E-state index in [9.17, 15) is 0 Å². The second-order valence-corrected chi connectivity index (χ2v) is 6.35. The summed E-state index contributed by atoms with van der Waals surface area (Å²) in [6, 6.07) is 22.9. The lowest BCUT2D eigenvalue weighted by Crippen LogP contribution is -2.14. The van der Waals surface area contributed by atoms with Gasteiger partial charge in [0.05, 0.1) is 11.9 Å². The summed E-state index contributed by atoms with van der Waals surface area (Å²) >= 11 is 0. The van der Waals surface area contributed by atoms with E-state index in [-0.39, 0.29) is 0 Å². The molecule has 2 aromatic heterocycles. The van der Waals surface area contributed by atoms with E-state index in [0.717, 1.165) is 33.8 Å². The van der Waals surface area contributed by atoms with E-state index >= 15 is 0 Å². The van der Waals surface area contributed by atoms with Gasteiger partial charge in [-0.2, -0.15) is 9.61 Å². The number of nitrogens with zero attached hydrogens (tertiary/aromatic N) is 3. The van der Waals surface area contributed by atoms with Crippen molar-refractivity contribution in [1.29, 1.82) is 0 Å². The fourth-order valence-corrected chi connectivity index (χ4v) is 2.94. The fraction of sp³-hybridized carbons (Fsp3) is 0.143. The second kappa shape index (κ2) is 6.40. The molecule has 0 bridgehead atoms. The number of fused-ring (bicyclic) bond motifs is 1. The molecule has 0 saturated heterocycles. The van der Waals surface area contributed by atoms with Crippen LogP contribution in [0.4, 0.5) is 5.82 Å². The summed E-state index contributed by atoms with van der Waals surface area (Å²) in [5, 5.41) is 8.06. The van der Waals surface area contributed by atoms with Gasteiger partial charge >= 0.3 is 0 Å². The standard InChI is InChI=1S/C21H20N4/c1-15(2)23-20-13-19(17-11-7-4-8-12-17)24-21-18(14-22-25(20)21)16-9-5-3-6-10-16/h3-15,23H,1-2H3. The van der Waals surface area contributed by atoms with Crippen LogP contribution in [0.5, 0.6) is 0 Å². The molecule has 4 nitrogen and oxygen atoms in total. The Labute approximate surface area is 147 Å². The Kier molecular flexibility index (Phi) is 3.94. The molecule has 0 fully saturated rings. The molecule has 0 radical (unpaired) electrons. The van der Waals surface area contributed by atoms with Crippen molar-refractivity contribution in [3.8, 4) is 22.4 Å². The third-order valence-corrected chi connectivity index (χ3v) is 4.06. The van der Waals surface area contributed by atoms with Crippen LogP contribution in [0.2, 0.25) is 0 Å². The minimum Gasteiger partial charge on any atom is -0.368 e. The molecular weight excluding hydrogens is 308 g/mol. The predicted molar refractivity (Wildman–Crippen MR) is 103 cm³/mol. The maximum absolute atomic E-state index is 4.91. The topological polar surface area (TPSA) is 42.2 Å². The van der Waals surface area contributed by atoms with Gasteiger partial charge in [-0.25, -0.2) is 4.98 Å². The first-order chi connectivity index (χ1) is 12.2. The van der Waals surface area contributed by atoms with Gasteiger partial charge in [0.1, 0.15) is 5.82 Å². The molecule has 0 spiro atoms. The van der Waals surface area contributed by atoms with Gasteiger partial charge in [0, 0.05) is 23.2 Å². The minimum atomic E-state index is 0.304. The van der Waals surface area contributed by atoms with E-state index in [1.165, 1.54) is 0 Å². The number of rotatable bonds is 4. The van der Waals surface area contributed by atoms with E-state index in [2.05, 4.69) is 54.6 Å². The molecule has 0 saturated carbocycles. The summed E-state index contributed by atoms with van der Waals surface area (Å²) in [5.74, 6) is 0.945. The summed E-state index contributed by atoms with van der Waals surface area (Å²) in [4.78, 5) is 4.91. The second-order valence-electron chi connectivity index (χ2n) is 6.35. The molecule has 4 rings (SSSR count). The lowest BCUT2D eigenvalue weighted by molar-refractivity contribution is 0.852. The van der Waals surface area contributed by atoms with Crippen LogP contribution >= 0.6 is 0 Å². The zero-order chi connectivity index (χ0) is 17.2. The van der Waals surface area contributed by atoms with Crippen LogP contribution in [-0.2, 0) is 0 Å². The van der Waals surface area contributed by atoms with Gasteiger partial charge in [-0.05, 0) is 19.4 Å². The highest BCUT2D eigenvalue weighted by Crippen LogP contribution is 2.28. The molecular formula is C21H20N4. The first-order valence-electron chi connectivity index (χ1n) is 8.48. The first kappa shape index (κ1) is 15.4. The van der Waals surface area contributed by atoms with Gasteiger partial charge in [0.15, 0.2) is 5.65 Å². The molecule has 0 unspecified atom stereocenters. The Balaban J connectivity index is 1.96. The van der Waals surface area contributed by atoms with Crippen molar-refractivity contribution in [2.24, 2.45) is 0 Å². The highest BCUT2D eigenvalue weighted by Gasteiger charge is 2.14. The Morgan fingerprint density at radius 1 is 0.880 bits per heavy atom. The molecule has 0 aliphatic carbocycles. The average molecular weight is 328 g/mol. The Morgan fingerprint density at radius 2 is 1.52 bits per heavy atom. The number of hydrogen-bond donors (Lipinski definition) is 1.